The molecule has 2 aliphatic heterocycles. The number of rotatable bonds is 8. The van der Waals surface area contributed by atoms with E-state index in [1.807, 2.05) is 12.1 Å². The summed E-state index contributed by atoms with van der Waals surface area (Å²) in [6, 6.07) is 18.0. The molecule has 0 saturated carbocycles. The first kappa shape index (κ1) is 24.5. The molecule has 1 fully saturated rings. The van der Waals surface area contributed by atoms with Gasteiger partial charge in [-0.2, -0.15) is 0 Å². The van der Waals surface area contributed by atoms with Crippen LogP contribution in [0.15, 0.2) is 77.1 Å². The molecule has 5 rings (SSSR count). The molecule has 0 radical (unpaired) electrons. The van der Waals surface area contributed by atoms with Gasteiger partial charge in [0.15, 0.2) is 5.41 Å². The summed E-state index contributed by atoms with van der Waals surface area (Å²) in [7, 11) is 3.13. The Hall–Kier alpha value is -3.19. The number of nitrogens with zero attached hydrogens (tertiary/aromatic N) is 5. The highest BCUT2D eigenvalue weighted by Crippen LogP contribution is 2.53. The van der Waals surface area contributed by atoms with E-state index in [4.69, 9.17) is 10.5 Å². The number of carbonyl (C=O) groups is 2. The van der Waals surface area contributed by atoms with Crippen LogP contribution in [0.3, 0.4) is 0 Å². The van der Waals surface area contributed by atoms with E-state index in [1.54, 1.807) is 60.3 Å². The third kappa shape index (κ3) is 3.55. The van der Waals surface area contributed by atoms with Crippen LogP contribution in [0, 0.1) is 0 Å². The standard InChI is InChI=1S/C24H24N6O4S2/c1-29-22(26-27-28-29)36-14-15-13-35-20-24(25,34-2)19(31)30(20)18(15)23(21(32)33,16-9-5-3-6-10-16)17-11-7-4-8-12-17/h3-12,20H,13-14,25H2,1-2H3,(H,32,33). The number of tetrazole rings is 1. The van der Waals surface area contributed by atoms with E-state index in [1.165, 1.54) is 35.5 Å². The van der Waals surface area contributed by atoms with Gasteiger partial charge in [0.25, 0.3) is 5.91 Å². The highest BCUT2D eigenvalue weighted by atomic mass is 32.2. The highest BCUT2D eigenvalue weighted by Gasteiger charge is 2.66. The van der Waals surface area contributed by atoms with Crippen molar-refractivity contribution in [2.45, 2.75) is 21.7 Å². The van der Waals surface area contributed by atoms with E-state index in [-0.39, 0.29) is 0 Å². The maximum Gasteiger partial charge on any atom is 0.324 e. The molecule has 10 nitrogen and oxygen atoms in total. The second-order valence-corrected chi connectivity index (χ2v) is 10.5. The van der Waals surface area contributed by atoms with Crippen LogP contribution in [0.2, 0.25) is 0 Å². The Kier molecular flexibility index (Phi) is 6.37. The Morgan fingerprint density at radius 2 is 1.83 bits per heavy atom. The average Bonchev–Trinajstić information content (AvgIpc) is 3.32. The first-order chi connectivity index (χ1) is 17.4. The molecule has 0 bridgehead atoms. The predicted octanol–water partition coefficient (Wildman–Crippen LogP) is 1.84. The molecule has 12 heteroatoms. The van der Waals surface area contributed by atoms with Crippen molar-refractivity contribution in [2.24, 2.45) is 12.8 Å². The average molecular weight is 525 g/mol. The number of thioether (sulfide) groups is 2. The second kappa shape index (κ2) is 9.36. The SMILES string of the molecule is COC1(N)C(=O)N2C(C(C(=O)O)(c3ccccc3)c3ccccc3)=C(CSc3nnnn3C)CSC21. The molecule has 3 N–H and O–H groups in total. The molecule has 2 aliphatic rings. The van der Waals surface area contributed by atoms with Crippen LogP contribution in [-0.4, -0.2) is 71.8 Å². The van der Waals surface area contributed by atoms with Gasteiger partial charge in [-0.25, -0.2) is 4.68 Å². The number of carboxylic acid groups (broad SMARTS) is 1. The first-order valence-electron chi connectivity index (χ1n) is 11.1. The number of amides is 1. The van der Waals surface area contributed by atoms with Crippen molar-refractivity contribution >= 4 is 35.4 Å². The van der Waals surface area contributed by atoms with Gasteiger partial charge in [0, 0.05) is 31.4 Å². The molecule has 0 aliphatic carbocycles. The van der Waals surface area contributed by atoms with E-state index in [0.717, 1.165) is 5.57 Å². The molecule has 1 amide bonds. The number of methoxy groups -OCH3 is 1. The maximum absolute atomic E-state index is 13.5. The first-order valence-corrected chi connectivity index (χ1v) is 13.1. The van der Waals surface area contributed by atoms with Crippen LogP contribution in [0.25, 0.3) is 0 Å². The number of benzene rings is 2. The van der Waals surface area contributed by atoms with Crippen molar-refractivity contribution in [1.29, 1.82) is 0 Å². The molecule has 3 heterocycles. The Bertz CT molecular complexity index is 1290. The number of aryl methyl sites for hydroxylation is 1. The molecule has 2 atom stereocenters. The minimum Gasteiger partial charge on any atom is -0.480 e. The summed E-state index contributed by atoms with van der Waals surface area (Å²) in [6.45, 7) is 0. The number of hydrogen-bond donors (Lipinski definition) is 2. The Morgan fingerprint density at radius 3 is 2.33 bits per heavy atom. The van der Waals surface area contributed by atoms with Crippen molar-refractivity contribution in [3.05, 3.63) is 83.1 Å². The zero-order chi connectivity index (χ0) is 25.5. The van der Waals surface area contributed by atoms with Crippen molar-refractivity contribution in [1.82, 2.24) is 25.1 Å². The van der Waals surface area contributed by atoms with Crippen molar-refractivity contribution in [2.75, 3.05) is 18.6 Å². The summed E-state index contributed by atoms with van der Waals surface area (Å²) in [5.74, 6) is -0.730. The van der Waals surface area contributed by atoms with Crippen LogP contribution < -0.4 is 5.73 Å². The second-order valence-electron chi connectivity index (χ2n) is 8.45. The summed E-state index contributed by atoms with van der Waals surface area (Å²) in [6.07, 6.45) is 0. The van der Waals surface area contributed by atoms with Gasteiger partial charge < -0.3 is 9.84 Å². The summed E-state index contributed by atoms with van der Waals surface area (Å²) >= 11 is 2.83. The summed E-state index contributed by atoms with van der Waals surface area (Å²) in [5, 5.41) is 22.6. The van der Waals surface area contributed by atoms with Gasteiger partial charge in [0.1, 0.15) is 5.37 Å². The lowest BCUT2D eigenvalue weighted by molar-refractivity contribution is -0.182. The molecule has 2 aromatic carbocycles. The van der Waals surface area contributed by atoms with Crippen molar-refractivity contribution in [3.63, 3.8) is 0 Å². The van der Waals surface area contributed by atoms with Crippen LogP contribution in [0.5, 0.6) is 0 Å². The number of carboxylic acids is 1. The van der Waals surface area contributed by atoms with E-state index in [2.05, 4.69) is 15.5 Å². The minimum absolute atomic E-state index is 0.381. The predicted molar refractivity (Wildman–Crippen MR) is 135 cm³/mol. The number of fused-ring (bicyclic) bond motifs is 1. The topological polar surface area (TPSA) is 136 Å². The smallest absolute Gasteiger partial charge is 0.324 e. The number of hydrogen-bond acceptors (Lipinski definition) is 9. The van der Waals surface area contributed by atoms with Gasteiger partial charge in [-0.3, -0.25) is 20.2 Å². The number of ether oxygens (including phenoxy) is 1. The Morgan fingerprint density at radius 1 is 1.22 bits per heavy atom. The quantitative estimate of drug-likeness (QED) is 0.255. The van der Waals surface area contributed by atoms with Gasteiger partial charge in [-0.15, -0.1) is 16.9 Å². The summed E-state index contributed by atoms with van der Waals surface area (Å²) < 4.78 is 6.97. The summed E-state index contributed by atoms with van der Waals surface area (Å²) in [5.41, 5.74) is 5.38. The van der Waals surface area contributed by atoms with Crippen LogP contribution in [0.4, 0.5) is 0 Å². The van der Waals surface area contributed by atoms with Crippen LogP contribution in [0.1, 0.15) is 11.1 Å². The number of carbonyl (C=O) groups excluding carboxylic acids is 1. The normalized spacial score (nSPS) is 21.8. The maximum atomic E-state index is 13.5. The molecule has 1 saturated heterocycles. The van der Waals surface area contributed by atoms with Gasteiger partial charge in [-0.05, 0) is 27.1 Å². The molecule has 2 unspecified atom stereocenters. The van der Waals surface area contributed by atoms with Gasteiger partial charge in [-0.1, -0.05) is 72.4 Å². The lowest BCUT2D eigenvalue weighted by Gasteiger charge is -2.58. The van der Waals surface area contributed by atoms with Crippen LogP contribution in [-0.2, 0) is 26.8 Å². The van der Waals surface area contributed by atoms with Crippen LogP contribution >= 0.6 is 23.5 Å². The van der Waals surface area contributed by atoms with Crippen molar-refractivity contribution < 1.29 is 19.4 Å². The number of aromatic nitrogens is 4. The fourth-order valence-electron chi connectivity index (χ4n) is 4.77. The third-order valence-electron chi connectivity index (χ3n) is 6.53. The molecule has 36 heavy (non-hydrogen) atoms. The Balaban J connectivity index is 1.77. The van der Waals surface area contributed by atoms with Crippen molar-refractivity contribution in [3.8, 4) is 0 Å². The fraction of sp³-hybridized carbons (Fsp3) is 0.292. The van der Waals surface area contributed by atoms with E-state index in [0.29, 0.717) is 33.5 Å². The number of nitrogens with two attached hydrogens (primary N) is 1. The van der Waals surface area contributed by atoms with Gasteiger partial charge in [0.05, 0.1) is 0 Å². The third-order valence-corrected chi connectivity index (χ3v) is 9.02. The zero-order valence-electron chi connectivity index (χ0n) is 19.6. The largest absolute Gasteiger partial charge is 0.480 e. The van der Waals surface area contributed by atoms with E-state index >= 15 is 0 Å². The fourth-order valence-corrected chi connectivity index (χ4v) is 7.15. The minimum atomic E-state index is -1.67. The molecular weight excluding hydrogens is 500 g/mol. The molecule has 1 aromatic heterocycles. The Labute approximate surface area is 215 Å². The lowest BCUT2D eigenvalue weighted by Crippen LogP contribution is -2.79. The van der Waals surface area contributed by atoms with Gasteiger partial charge >= 0.3 is 5.97 Å². The summed E-state index contributed by atoms with van der Waals surface area (Å²) in [4.78, 5) is 28.5. The zero-order valence-corrected chi connectivity index (χ0v) is 21.2. The van der Waals surface area contributed by atoms with Gasteiger partial charge in [0.2, 0.25) is 10.9 Å². The lowest BCUT2D eigenvalue weighted by atomic mass is 9.69. The molecule has 186 valence electrons. The number of aliphatic carboxylic acids is 1. The molecule has 3 aromatic rings. The number of β-lactam (4-membered cyclic amide) rings is 1. The van der Waals surface area contributed by atoms with E-state index < -0.39 is 28.4 Å². The molecular formula is C24H24N6O4S2. The monoisotopic (exact) mass is 524 g/mol. The molecule has 0 spiro atoms. The van der Waals surface area contributed by atoms with E-state index in [9.17, 15) is 14.7 Å². The highest BCUT2D eigenvalue weighted by molar-refractivity contribution is 8.01.